The number of carbonyl (C=O) groups is 3. The van der Waals surface area contributed by atoms with Crippen LogP contribution in [-0.2, 0) is 41.7 Å². The Kier molecular flexibility index (Phi) is 21.6. The lowest BCUT2D eigenvalue weighted by molar-refractivity contribution is -0.192. The van der Waals surface area contributed by atoms with Gasteiger partial charge in [-0.1, -0.05) is 140 Å². The van der Waals surface area contributed by atoms with Gasteiger partial charge in [-0.15, -0.1) is 0 Å². The van der Waals surface area contributed by atoms with Gasteiger partial charge in [0.2, 0.25) is 0 Å². The van der Waals surface area contributed by atoms with E-state index in [1.807, 2.05) is 37.3 Å². The predicted molar refractivity (Wildman–Crippen MR) is 229 cm³/mol. The van der Waals surface area contributed by atoms with Crippen LogP contribution in [0, 0.1) is 19.8 Å². The Bertz CT molecular complexity index is 1850. The second-order valence-electron chi connectivity index (χ2n) is 15.3. The van der Waals surface area contributed by atoms with Gasteiger partial charge < -0.3 is 19.3 Å². The molecule has 1 fully saturated rings. The van der Waals surface area contributed by atoms with E-state index in [2.05, 4.69) is 120 Å². The highest BCUT2D eigenvalue weighted by molar-refractivity contribution is 6.76. The zero-order valence-corrected chi connectivity index (χ0v) is 36.4. The summed E-state index contributed by atoms with van der Waals surface area (Å²) in [5.41, 5.74) is 7.30. The van der Waals surface area contributed by atoms with Gasteiger partial charge >= 0.3 is 24.1 Å². The molecule has 0 bridgehead atoms. The van der Waals surface area contributed by atoms with Gasteiger partial charge in [-0.25, -0.2) is 9.59 Å². The van der Waals surface area contributed by atoms with Crippen molar-refractivity contribution in [3.05, 3.63) is 149 Å². The second-order valence-corrected chi connectivity index (χ2v) is 20.8. The van der Waals surface area contributed by atoms with E-state index in [-0.39, 0.29) is 23.8 Å². The fraction of sp³-hybridized carbons (Fsp3) is 0.370. The molecule has 2 atom stereocenters. The quantitative estimate of drug-likeness (QED) is 0.0648. The molecule has 5 rings (SSSR count). The maximum absolute atomic E-state index is 12.2. The number of rotatable bonds is 12. The highest BCUT2D eigenvalue weighted by atomic mass is 28.3. The number of benzene rings is 4. The highest BCUT2D eigenvalue weighted by Gasteiger charge is 2.39. The number of hydrogen-bond donors (Lipinski definition) is 1. The number of likely N-dealkylation sites (tertiary alicyclic amines) is 1. The zero-order valence-electron chi connectivity index (χ0n) is 35.4. The summed E-state index contributed by atoms with van der Waals surface area (Å²) in [6.45, 7) is 15.5. The van der Waals surface area contributed by atoms with Crippen molar-refractivity contribution in [2.45, 2.75) is 58.7 Å². The number of halogens is 3. The lowest BCUT2D eigenvalue weighted by Crippen LogP contribution is -2.40. The molecule has 9 nitrogen and oxygen atoms in total. The van der Waals surface area contributed by atoms with Crippen LogP contribution in [0.5, 0.6) is 0 Å². The summed E-state index contributed by atoms with van der Waals surface area (Å²) in [7, 11) is 3.54. The molecule has 13 heteroatoms. The molecule has 1 aliphatic heterocycles. The molecule has 320 valence electrons. The molecular formula is C46H59F3N2O7Si. The molecule has 0 aromatic heterocycles. The molecule has 1 heterocycles. The number of carboxylic acids is 1. The summed E-state index contributed by atoms with van der Waals surface area (Å²) in [6, 6.07) is 37.4. The first-order valence-electron chi connectivity index (χ1n) is 19.1. The first-order valence-corrected chi connectivity index (χ1v) is 22.8. The fourth-order valence-corrected chi connectivity index (χ4v) is 7.69. The van der Waals surface area contributed by atoms with E-state index < -0.39 is 20.2 Å². The number of carbonyl (C=O) groups excluding carboxylic acids is 2. The Morgan fingerprint density at radius 1 is 0.780 bits per heavy atom. The lowest BCUT2D eigenvalue weighted by atomic mass is 9.88. The van der Waals surface area contributed by atoms with Crippen LogP contribution in [0.4, 0.5) is 13.2 Å². The Morgan fingerprint density at radius 2 is 1.29 bits per heavy atom. The predicted octanol–water partition coefficient (Wildman–Crippen LogP) is 9.17. The van der Waals surface area contributed by atoms with Crippen molar-refractivity contribution in [1.82, 2.24) is 9.80 Å². The largest absolute Gasteiger partial charge is 0.490 e. The smallest absolute Gasteiger partial charge is 0.475 e. The van der Waals surface area contributed by atoms with Crippen LogP contribution in [0.2, 0.25) is 19.6 Å². The highest BCUT2D eigenvalue weighted by Crippen LogP contribution is 2.34. The van der Waals surface area contributed by atoms with Gasteiger partial charge in [-0.05, 0) is 48.3 Å². The fourth-order valence-electron chi connectivity index (χ4n) is 6.15. The Balaban J connectivity index is 0.000000293. The van der Waals surface area contributed by atoms with Crippen molar-refractivity contribution in [3.63, 3.8) is 0 Å². The van der Waals surface area contributed by atoms with Gasteiger partial charge in [0.15, 0.2) is 0 Å². The van der Waals surface area contributed by atoms with E-state index in [0.717, 1.165) is 38.5 Å². The standard InChI is InChI=1S/C20H23NO2.C13H23NOSi.C11H12O2.C2HF3O2/c1-15-8-10-17(11-9-15)18-13-21(14-19(18)20(22)23-2)12-16-6-4-3-5-7-16;1-15-11-14(12-16(2,3)4)10-13-8-6-5-7-9-13;1-9-3-5-10(6-4-9)7-8-11(12)13-2;3-2(4,5)1(6)7/h3-11,18-19H,12-14H2,1-2H3;5-9H,10-12H2,1-4H3;3-8H,1-2H3;(H,6,7)/b;;8-7+;/t18-,19+;;;/m0.../s1. The number of hydrogen-bond acceptors (Lipinski definition) is 8. The summed E-state index contributed by atoms with van der Waals surface area (Å²) in [5, 5.41) is 7.12. The first kappa shape index (κ1) is 50.1. The normalized spacial score (nSPS) is 15.2. The van der Waals surface area contributed by atoms with Gasteiger partial charge in [0.05, 0.1) is 34.9 Å². The van der Waals surface area contributed by atoms with Crippen LogP contribution in [0.25, 0.3) is 6.08 Å². The van der Waals surface area contributed by atoms with Crippen molar-refractivity contribution < 1.29 is 46.9 Å². The van der Waals surface area contributed by atoms with E-state index in [1.54, 1.807) is 13.2 Å². The van der Waals surface area contributed by atoms with Gasteiger partial charge in [-0.2, -0.15) is 13.2 Å². The summed E-state index contributed by atoms with van der Waals surface area (Å²) < 4.78 is 46.5. The van der Waals surface area contributed by atoms with Gasteiger partial charge in [0, 0.05) is 45.3 Å². The van der Waals surface area contributed by atoms with Crippen LogP contribution in [0.3, 0.4) is 0 Å². The number of esters is 2. The van der Waals surface area contributed by atoms with E-state index in [4.69, 9.17) is 19.4 Å². The van der Waals surface area contributed by atoms with Crippen LogP contribution in [-0.4, -0.2) is 94.4 Å². The van der Waals surface area contributed by atoms with Gasteiger partial charge in [0.25, 0.3) is 0 Å². The molecule has 0 amide bonds. The number of methoxy groups -OCH3 is 3. The molecule has 0 spiro atoms. The van der Waals surface area contributed by atoms with Gasteiger partial charge in [0.1, 0.15) is 0 Å². The molecule has 4 aromatic carbocycles. The molecule has 1 aliphatic rings. The molecule has 0 unspecified atom stereocenters. The molecule has 1 N–H and O–H groups in total. The molecular weight excluding hydrogens is 778 g/mol. The minimum atomic E-state index is -5.08. The summed E-state index contributed by atoms with van der Waals surface area (Å²) >= 11 is 0. The van der Waals surface area contributed by atoms with E-state index in [9.17, 15) is 22.8 Å². The number of ether oxygens (including phenoxy) is 3. The van der Waals surface area contributed by atoms with Crippen LogP contribution >= 0.6 is 0 Å². The Hall–Kier alpha value is -5.08. The minimum Gasteiger partial charge on any atom is -0.475 e. The number of nitrogens with zero attached hydrogens (tertiary/aromatic N) is 2. The number of carboxylic acid groups (broad SMARTS) is 1. The summed E-state index contributed by atoms with van der Waals surface area (Å²) in [4.78, 5) is 36.6. The molecule has 4 aromatic rings. The third-order valence-corrected chi connectivity index (χ3v) is 10.2. The third-order valence-electron chi connectivity index (χ3n) is 8.85. The lowest BCUT2D eigenvalue weighted by Gasteiger charge is -2.28. The zero-order chi connectivity index (χ0) is 44.0. The van der Waals surface area contributed by atoms with E-state index >= 15 is 0 Å². The summed E-state index contributed by atoms with van der Waals surface area (Å²) in [6.07, 6.45) is -0.772. The van der Waals surface area contributed by atoms with E-state index in [1.165, 1.54) is 54.3 Å². The Labute approximate surface area is 348 Å². The Morgan fingerprint density at radius 3 is 1.75 bits per heavy atom. The van der Waals surface area contributed by atoms with Crippen LogP contribution < -0.4 is 0 Å². The molecule has 0 aliphatic carbocycles. The van der Waals surface area contributed by atoms with Crippen LogP contribution in [0.15, 0.2) is 115 Å². The number of alkyl halides is 3. The molecule has 59 heavy (non-hydrogen) atoms. The topological polar surface area (TPSA) is 106 Å². The van der Waals surface area contributed by atoms with Crippen LogP contribution in [0.1, 0.15) is 39.3 Å². The van der Waals surface area contributed by atoms with Gasteiger partial charge in [-0.3, -0.25) is 14.6 Å². The van der Waals surface area contributed by atoms with Crippen molar-refractivity contribution in [2.75, 3.05) is 47.3 Å². The second kappa shape index (κ2) is 25.4. The van der Waals surface area contributed by atoms with Crippen molar-refractivity contribution in [3.8, 4) is 0 Å². The summed E-state index contributed by atoms with van der Waals surface area (Å²) in [5.74, 6) is -3.09. The maximum Gasteiger partial charge on any atom is 0.490 e. The van der Waals surface area contributed by atoms with E-state index in [0.29, 0.717) is 0 Å². The monoisotopic (exact) mass is 836 g/mol. The number of aryl methyl sites for hydroxylation is 2. The SMILES string of the molecule is COC(=O)/C=C/c1ccc(C)cc1.COC(=O)[C@@H]1CN(Cc2ccccc2)C[C@H]1c1ccc(C)cc1.COCN(Cc1ccccc1)C[Si](C)(C)C.O=C(O)C(F)(F)F. The van der Waals surface area contributed by atoms with Crippen molar-refractivity contribution in [2.24, 2.45) is 5.92 Å². The molecule has 1 saturated heterocycles. The molecule has 0 radical (unpaired) electrons. The maximum atomic E-state index is 12.2. The number of aliphatic carboxylic acids is 1. The first-order chi connectivity index (χ1) is 27.8. The third kappa shape index (κ3) is 20.4. The average Bonchev–Trinajstić information content (AvgIpc) is 3.61. The molecule has 0 saturated carbocycles. The average molecular weight is 837 g/mol. The van der Waals surface area contributed by atoms with Crippen molar-refractivity contribution in [1.29, 1.82) is 0 Å². The minimum absolute atomic E-state index is 0.0913. The van der Waals surface area contributed by atoms with Crippen molar-refractivity contribution >= 4 is 32.1 Å².